The number of Topliss-reactive ketones (excluding diaryl/α,β-unsaturated/α-hetero) is 1. The molecule has 0 aliphatic heterocycles. The van der Waals surface area contributed by atoms with E-state index in [4.69, 9.17) is 4.74 Å². The fourth-order valence-electron chi connectivity index (χ4n) is 1.82. The van der Waals surface area contributed by atoms with Crippen LogP contribution in [0.5, 0.6) is 5.75 Å². The lowest BCUT2D eigenvalue weighted by molar-refractivity contribution is -0.118. The van der Waals surface area contributed by atoms with E-state index in [1.165, 1.54) is 5.56 Å². The van der Waals surface area contributed by atoms with Gasteiger partial charge in [0.2, 0.25) is 0 Å². The molecule has 1 aromatic carbocycles. The van der Waals surface area contributed by atoms with Gasteiger partial charge in [-0.15, -0.1) is 0 Å². The summed E-state index contributed by atoms with van der Waals surface area (Å²) in [5, 5.41) is 0. The maximum absolute atomic E-state index is 11.2. The lowest BCUT2D eigenvalue weighted by atomic mass is 9.90. The third-order valence-electron chi connectivity index (χ3n) is 2.49. The molecule has 0 radical (unpaired) electrons. The van der Waals surface area contributed by atoms with Crippen molar-refractivity contribution in [3.05, 3.63) is 29.3 Å². The Kier molecular flexibility index (Phi) is 2.05. The molecule has 0 atom stereocenters. The summed E-state index contributed by atoms with van der Waals surface area (Å²) in [4.78, 5) is 11.2. The second kappa shape index (κ2) is 3.21. The first-order valence-corrected chi connectivity index (χ1v) is 4.47. The molecule has 0 saturated heterocycles. The van der Waals surface area contributed by atoms with E-state index >= 15 is 0 Å². The van der Waals surface area contributed by atoms with E-state index in [9.17, 15) is 4.79 Å². The molecule has 0 unspecified atom stereocenters. The summed E-state index contributed by atoms with van der Waals surface area (Å²) in [6.45, 7) is 0. The number of carbonyl (C=O) groups is 1. The number of carbonyl (C=O) groups excluding carboxylic acids is 1. The number of rotatable bonds is 1. The van der Waals surface area contributed by atoms with Gasteiger partial charge in [0.25, 0.3) is 0 Å². The van der Waals surface area contributed by atoms with E-state index < -0.39 is 0 Å². The molecule has 1 aliphatic rings. The molecule has 0 aromatic heterocycles. The minimum absolute atomic E-state index is 0.334. The molecule has 0 N–H and O–H groups in total. The number of benzene rings is 1. The fourth-order valence-corrected chi connectivity index (χ4v) is 1.82. The van der Waals surface area contributed by atoms with Crippen LogP contribution >= 0.6 is 0 Å². The van der Waals surface area contributed by atoms with Gasteiger partial charge in [0.1, 0.15) is 11.5 Å². The van der Waals surface area contributed by atoms with Crippen LogP contribution in [0.15, 0.2) is 18.2 Å². The van der Waals surface area contributed by atoms with Crippen LogP contribution in [0, 0.1) is 0 Å². The smallest absolute Gasteiger partial charge is 0.137 e. The van der Waals surface area contributed by atoms with Crippen molar-refractivity contribution in [2.24, 2.45) is 0 Å². The van der Waals surface area contributed by atoms with Crippen LogP contribution in [0.2, 0.25) is 0 Å². The average Bonchev–Trinajstić information content (AvgIpc) is 2.16. The minimum atomic E-state index is 0.334. The van der Waals surface area contributed by atoms with Gasteiger partial charge in [0.15, 0.2) is 0 Å². The molecule has 0 heterocycles. The summed E-state index contributed by atoms with van der Waals surface area (Å²) in [5.41, 5.74) is 2.35. The van der Waals surface area contributed by atoms with E-state index in [0.717, 1.165) is 17.7 Å². The molecule has 0 spiro atoms. The Morgan fingerprint density at radius 3 is 2.92 bits per heavy atom. The van der Waals surface area contributed by atoms with Crippen LogP contribution in [-0.2, 0) is 17.6 Å². The Labute approximate surface area is 77.5 Å². The SMILES string of the molecule is COc1cccc2c1CCC(=O)C2. The predicted octanol–water partition coefficient (Wildman–Crippen LogP) is 1.75. The Bertz CT molecular complexity index is 342. The largest absolute Gasteiger partial charge is 0.496 e. The molecular weight excluding hydrogens is 164 g/mol. The van der Waals surface area contributed by atoms with Gasteiger partial charge in [-0.3, -0.25) is 4.79 Å². The normalized spacial score (nSPS) is 15.3. The molecule has 0 saturated carbocycles. The molecule has 0 amide bonds. The highest BCUT2D eigenvalue weighted by atomic mass is 16.5. The zero-order valence-electron chi connectivity index (χ0n) is 7.67. The fraction of sp³-hybridized carbons (Fsp3) is 0.364. The lowest BCUT2D eigenvalue weighted by Crippen LogP contribution is -2.13. The second-order valence-corrected chi connectivity index (χ2v) is 3.31. The Hall–Kier alpha value is -1.31. The second-order valence-electron chi connectivity index (χ2n) is 3.31. The number of methoxy groups -OCH3 is 1. The van der Waals surface area contributed by atoms with Gasteiger partial charge in [-0.05, 0) is 23.6 Å². The molecular formula is C11H12O2. The van der Waals surface area contributed by atoms with Crippen molar-refractivity contribution in [3.8, 4) is 5.75 Å². The summed E-state index contributed by atoms with van der Waals surface area (Å²) in [7, 11) is 1.67. The first kappa shape index (κ1) is 8.30. The summed E-state index contributed by atoms with van der Waals surface area (Å²) >= 11 is 0. The highest BCUT2D eigenvalue weighted by molar-refractivity contribution is 5.83. The Morgan fingerprint density at radius 1 is 1.31 bits per heavy atom. The summed E-state index contributed by atoms with van der Waals surface area (Å²) < 4.78 is 5.24. The lowest BCUT2D eigenvalue weighted by Gasteiger charge is -2.17. The van der Waals surface area contributed by atoms with Gasteiger partial charge >= 0.3 is 0 Å². The quantitative estimate of drug-likeness (QED) is 0.651. The van der Waals surface area contributed by atoms with Crippen LogP contribution in [0.3, 0.4) is 0 Å². The van der Waals surface area contributed by atoms with Gasteiger partial charge in [0.05, 0.1) is 7.11 Å². The number of hydrogen-bond donors (Lipinski definition) is 0. The van der Waals surface area contributed by atoms with Gasteiger partial charge in [-0.1, -0.05) is 12.1 Å². The van der Waals surface area contributed by atoms with Crippen molar-refractivity contribution >= 4 is 5.78 Å². The van der Waals surface area contributed by atoms with E-state index in [-0.39, 0.29) is 0 Å². The monoisotopic (exact) mass is 176 g/mol. The van der Waals surface area contributed by atoms with E-state index in [2.05, 4.69) is 0 Å². The number of fused-ring (bicyclic) bond motifs is 1. The number of hydrogen-bond acceptors (Lipinski definition) is 2. The molecule has 1 aromatic rings. The standard InChI is InChI=1S/C11H12O2/c1-13-11-4-2-3-8-7-9(12)5-6-10(8)11/h2-4H,5-7H2,1H3. The van der Waals surface area contributed by atoms with Gasteiger partial charge in [-0.25, -0.2) is 0 Å². The topological polar surface area (TPSA) is 26.3 Å². The Morgan fingerprint density at radius 2 is 2.15 bits per heavy atom. The first-order chi connectivity index (χ1) is 6.31. The maximum Gasteiger partial charge on any atom is 0.137 e. The van der Waals surface area contributed by atoms with Crippen LogP contribution in [0.1, 0.15) is 17.5 Å². The minimum Gasteiger partial charge on any atom is -0.496 e. The Balaban J connectivity index is 2.45. The van der Waals surface area contributed by atoms with E-state index in [1.54, 1.807) is 7.11 Å². The molecule has 68 valence electrons. The van der Waals surface area contributed by atoms with Crippen LogP contribution < -0.4 is 4.74 Å². The summed E-state index contributed by atoms with van der Waals surface area (Å²) in [5.74, 6) is 1.26. The van der Waals surface area contributed by atoms with Gasteiger partial charge in [-0.2, -0.15) is 0 Å². The van der Waals surface area contributed by atoms with Crippen molar-refractivity contribution in [2.75, 3.05) is 7.11 Å². The summed E-state index contributed by atoms with van der Waals surface area (Å²) in [6.07, 6.45) is 2.07. The van der Waals surface area contributed by atoms with Crippen molar-refractivity contribution in [1.82, 2.24) is 0 Å². The number of ether oxygens (including phenoxy) is 1. The van der Waals surface area contributed by atoms with E-state index in [1.807, 2.05) is 18.2 Å². The van der Waals surface area contributed by atoms with Crippen molar-refractivity contribution in [3.63, 3.8) is 0 Å². The molecule has 2 heteroatoms. The highest BCUT2D eigenvalue weighted by Gasteiger charge is 2.17. The third kappa shape index (κ3) is 1.44. The zero-order valence-corrected chi connectivity index (χ0v) is 7.67. The van der Waals surface area contributed by atoms with E-state index in [0.29, 0.717) is 18.6 Å². The van der Waals surface area contributed by atoms with Crippen LogP contribution in [0.25, 0.3) is 0 Å². The van der Waals surface area contributed by atoms with Crippen LogP contribution in [0.4, 0.5) is 0 Å². The van der Waals surface area contributed by atoms with Crippen molar-refractivity contribution in [1.29, 1.82) is 0 Å². The van der Waals surface area contributed by atoms with Crippen molar-refractivity contribution < 1.29 is 9.53 Å². The maximum atomic E-state index is 11.2. The third-order valence-corrected chi connectivity index (χ3v) is 2.49. The molecule has 2 nitrogen and oxygen atoms in total. The molecule has 2 rings (SSSR count). The molecule has 13 heavy (non-hydrogen) atoms. The molecule has 0 fully saturated rings. The van der Waals surface area contributed by atoms with Gasteiger partial charge in [0, 0.05) is 12.8 Å². The number of ketones is 1. The average molecular weight is 176 g/mol. The van der Waals surface area contributed by atoms with Crippen LogP contribution in [-0.4, -0.2) is 12.9 Å². The summed E-state index contributed by atoms with van der Waals surface area (Å²) in [6, 6.07) is 5.90. The molecule has 0 bridgehead atoms. The predicted molar refractivity (Wildman–Crippen MR) is 50.0 cm³/mol. The molecule has 1 aliphatic carbocycles. The highest BCUT2D eigenvalue weighted by Crippen LogP contribution is 2.27. The van der Waals surface area contributed by atoms with Crippen molar-refractivity contribution in [2.45, 2.75) is 19.3 Å². The first-order valence-electron chi connectivity index (χ1n) is 4.47. The van der Waals surface area contributed by atoms with Gasteiger partial charge < -0.3 is 4.74 Å². The zero-order chi connectivity index (χ0) is 9.26.